The molecule has 1 aromatic carbocycles. The number of nitrogens with zero attached hydrogens (tertiary/aromatic N) is 1. The Balaban J connectivity index is 1.86. The van der Waals surface area contributed by atoms with Gasteiger partial charge in [-0.2, -0.15) is 0 Å². The lowest BCUT2D eigenvalue weighted by molar-refractivity contribution is 0.00850. The Hall–Kier alpha value is -2.25. The summed E-state index contributed by atoms with van der Waals surface area (Å²) in [6.07, 6.45) is 4.71. The van der Waals surface area contributed by atoms with E-state index in [0.717, 1.165) is 29.7 Å². The first kappa shape index (κ1) is 17.6. The Morgan fingerprint density at radius 2 is 2.32 bits per heavy atom. The molecule has 1 aliphatic heterocycles. The number of fused-ring (bicyclic) bond motifs is 1. The zero-order valence-electron chi connectivity index (χ0n) is 14.9. The molecule has 1 unspecified atom stereocenters. The highest BCUT2D eigenvalue weighted by molar-refractivity contribution is 5.70. The van der Waals surface area contributed by atoms with Gasteiger partial charge in [0.25, 0.3) is 0 Å². The van der Waals surface area contributed by atoms with Crippen molar-refractivity contribution < 1.29 is 14.6 Å². The molecule has 1 aliphatic carbocycles. The number of aliphatic hydroxyl groups is 1. The minimum absolute atomic E-state index is 0.142. The molecule has 4 nitrogen and oxygen atoms in total. The van der Waals surface area contributed by atoms with E-state index < -0.39 is 5.60 Å². The number of carbonyl (C=O) groups excluding carboxylic acids is 1. The first-order valence-corrected chi connectivity index (χ1v) is 9.00. The van der Waals surface area contributed by atoms with Crippen molar-refractivity contribution in [3.05, 3.63) is 47.2 Å². The highest BCUT2D eigenvalue weighted by atomic mass is 16.6. The number of hydrogen-bond donors (Lipinski definition) is 1. The highest BCUT2D eigenvalue weighted by Gasteiger charge is 2.44. The van der Waals surface area contributed by atoms with Crippen molar-refractivity contribution in [2.45, 2.75) is 45.1 Å². The van der Waals surface area contributed by atoms with Crippen LogP contribution in [-0.4, -0.2) is 34.9 Å². The summed E-state index contributed by atoms with van der Waals surface area (Å²) in [5, 5.41) is 11.2. The summed E-state index contributed by atoms with van der Waals surface area (Å²) in [4.78, 5) is 13.9. The molecule has 0 radical (unpaired) electrons. The van der Waals surface area contributed by atoms with Crippen molar-refractivity contribution in [3.8, 4) is 11.8 Å². The molecule has 2 atom stereocenters. The summed E-state index contributed by atoms with van der Waals surface area (Å²) in [5.74, 6) is 6.11. The van der Waals surface area contributed by atoms with Crippen LogP contribution >= 0.6 is 0 Å². The van der Waals surface area contributed by atoms with Crippen LogP contribution in [0.1, 0.15) is 43.7 Å². The second kappa shape index (κ2) is 7.33. The summed E-state index contributed by atoms with van der Waals surface area (Å²) < 4.78 is 5.17. The number of carbonyl (C=O) groups is 1. The molecule has 1 aromatic rings. The van der Waals surface area contributed by atoms with Crippen LogP contribution in [-0.2, 0) is 4.74 Å². The molecule has 1 heterocycles. The Bertz CT molecular complexity index is 743. The number of hydrogen-bond acceptors (Lipinski definition) is 3. The zero-order valence-corrected chi connectivity index (χ0v) is 14.9. The van der Waals surface area contributed by atoms with Gasteiger partial charge in [0.2, 0.25) is 0 Å². The molecule has 1 fully saturated rings. The van der Waals surface area contributed by atoms with Gasteiger partial charge in [0, 0.05) is 23.7 Å². The molecular formula is C21H25NO3. The molecule has 132 valence electrons. The fraction of sp³-hybridized carbons (Fsp3) is 0.476. The van der Waals surface area contributed by atoms with Crippen LogP contribution < -0.4 is 0 Å². The third-order valence-electron chi connectivity index (χ3n) is 4.93. The maximum absolute atomic E-state index is 12.2. The minimum atomic E-state index is -1.10. The summed E-state index contributed by atoms with van der Waals surface area (Å²) in [5.41, 5.74) is 1.83. The summed E-state index contributed by atoms with van der Waals surface area (Å²) in [6, 6.07) is 7.97. The number of likely N-dealkylation sites (tertiary alicyclic amines) is 1. The third-order valence-corrected chi connectivity index (χ3v) is 4.93. The van der Waals surface area contributed by atoms with Crippen LogP contribution in [0.2, 0.25) is 0 Å². The van der Waals surface area contributed by atoms with Crippen LogP contribution in [0.25, 0.3) is 0 Å². The van der Waals surface area contributed by atoms with E-state index in [0.29, 0.717) is 26.0 Å². The summed E-state index contributed by atoms with van der Waals surface area (Å²) in [7, 11) is 0. The molecule has 3 rings (SSSR count). The standard InChI is InChI=1S/C21H25NO3/c1-3-25-20(23)22-14-6-9-18-19(22)10-5-12-21(18,24)13-11-17-8-4-7-16(2)15-17/h4,7-8,10,15,18,24H,3,5-6,9,12,14H2,1-2H3/t18?,21-/m0/s1. The van der Waals surface area contributed by atoms with Gasteiger partial charge in [-0.1, -0.05) is 30.0 Å². The van der Waals surface area contributed by atoms with Crippen molar-refractivity contribution in [2.24, 2.45) is 5.92 Å². The molecule has 1 saturated heterocycles. The van der Waals surface area contributed by atoms with E-state index in [9.17, 15) is 9.90 Å². The molecule has 2 aliphatic rings. The molecule has 0 aromatic heterocycles. The fourth-order valence-corrected chi connectivity index (χ4v) is 3.72. The second-order valence-corrected chi connectivity index (χ2v) is 6.76. The van der Waals surface area contributed by atoms with E-state index in [1.54, 1.807) is 11.8 Å². The SMILES string of the molecule is CCOC(=O)N1CCCC2C1=CCC[C@]2(O)C#Cc1cccc(C)c1. The summed E-state index contributed by atoms with van der Waals surface area (Å²) in [6.45, 7) is 4.82. The Labute approximate surface area is 149 Å². The fourth-order valence-electron chi connectivity index (χ4n) is 3.72. The normalized spacial score (nSPS) is 25.3. The Kier molecular flexibility index (Phi) is 5.15. The number of aryl methyl sites for hydroxylation is 1. The van der Waals surface area contributed by atoms with Crippen LogP contribution in [0.5, 0.6) is 0 Å². The topological polar surface area (TPSA) is 49.8 Å². The Morgan fingerprint density at radius 3 is 3.08 bits per heavy atom. The third kappa shape index (κ3) is 3.72. The van der Waals surface area contributed by atoms with Gasteiger partial charge >= 0.3 is 6.09 Å². The smallest absolute Gasteiger partial charge is 0.414 e. The minimum Gasteiger partial charge on any atom is -0.449 e. The van der Waals surface area contributed by atoms with Gasteiger partial charge in [-0.15, -0.1) is 0 Å². The number of ether oxygens (including phenoxy) is 1. The lowest BCUT2D eigenvalue weighted by atomic mass is 9.73. The van der Waals surface area contributed by atoms with Crippen LogP contribution in [0.15, 0.2) is 36.0 Å². The zero-order chi connectivity index (χ0) is 17.9. The van der Waals surface area contributed by atoms with Crippen LogP contribution in [0, 0.1) is 24.7 Å². The quantitative estimate of drug-likeness (QED) is 0.795. The number of rotatable bonds is 1. The van der Waals surface area contributed by atoms with E-state index in [2.05, 4.69) is 17.9 Å². The van der Waals surface area contributed by atoms with Gasteiger partial charge in [-0.05, 0) is 57.2 Å². The number of benzene rings is 1. The van der Waals surface area contributed by atoms with E-state index >= 15 is 0 Å². The van der Waals surface area contributed by atoms with Crippen molar-refractivity contribution in [1.29, 1.82) is 0 Å². The van der Waals surface area contributed by atoms with E-state index in [4.69, 9.17) is 4.74 Å². The molecule has 4 heteroatoms. The average Bonchev–Trinajstić information content (AvgIpc) is 2.60. The molecule has 25 heavy (non-hydrogen) atoms. The summed E-state index contributed by atoms with van der Waals surface area (Å²) >= 11 is 0. The van der Waals surface area contributed by atoms with E-state index in [1.807, 2.05) is 31.2 Å². The molecule has 1 amide bonds. The average molecular weight is 339 g/mol. The maximum atomic E-state index is 12.2. The number of amides is 1. The number of allylic oxidation sites excluding steroid dienone is 1. The lowest BCUT2D eigenvalue weighted by Crippen LogP contribution is -2.49. The number of piperidine rings is 1. The van der Waals surface area contributed by atoms with Gasteiger partial charge < -0.3 is 9.84 Å². The Morgan fingerprint density at radius 1 is 1.48 bits per heavy atom. The van der Waals surface area contributed by atoms with Crippen LogP contribution in [0.4, 0.5) is 4.79 Å². The van der Waals surface area contributed by atoms with E-state index in [1.165, 1.54) is 0 Å². The van der Waals surface area contributed by atoms with Crippen LogP contribution in [0.3, 0.4) is 0 Å². The predicted octanol–water partition coefficient (Wildman–Crippen LogP) is 3.62. The lowest BCUT2D eigenvalue weighted by Gasteiger charge is -2.43. The first-order chi connectivity index (χ1) is 12.0. The monoisotopic (exact) mass is 339 g/mol. The highest BCUT2D eigenvalue weighted by Crippen LogP contribution is 2.41. The van der Waals surface area contributed by atoms with Crippen molar-refractivity contribution >= 4 is 6.09 Å². The van der Waals surface area contributed by atoms with Crippen molar-refractivity contribution in [1.82, 2.24) is 4.90 Å². The van der Waals surface area contributed by atoms with Gasteiger partial charge in [-0.25, -0.2) is 4.79 Å². The molecule has 1 N–H and O–H groups in total. The second-order valence-electron chi connectivity index (χ2n) is 6.76. The van der Waals surface area contributed by atoms with Gasteiger partial charge in [0.15, 0.2) is 0 Å². The van der Waals surface area contributed by atoms with Crippen molar-refractivity contribution in [3.63, 3.8) is 0 Å². The van der Waals surface area contributed by atoms with Gasteiger partial charge in [-0.3, -0.25) is 4.90 Å². The van der Waals surface area contributed by atoms with Gasteiger partial charge in [0.1, 0.15) is 5.60 Å². The van der Waals surface area contributed by atoms with E-state index in [-0.39, 0.29) is 12.0 Å². The maximum Gasteiger partial charge on any atom is 0.414 e. The molecule has 0 saturated carbocycles. The first-order valence-electron chi connectivity index (χ1n) is 9.00. The van der Waals surface area contributed by atoms with Crippen molar-refractivity contribution in [2.75, 3.05) is 13.2 Å². The predicted molar refractivity (Wildman–Crippen MR) is 96.8 cm³/mol. The molecular weight excluding hydrogens is 314 g/mol. The molecule has 0 spiro atoms. The van der Waals surface area contributed by atoms with Gasteiger partial charge in [0.05, 0.1) is 6.61 Å². The molecule has 0 bridgehead atoms. The largest absolute Gasteiger partial charge is 0.449 e.